The molecule has 1 fully saturated rings. The van der Waals surface area contributed by atoms with Crippen molar-refractivity contribution in [3.63, 3.8) is 0 Å². The summed E-state index contributed by atoms with van der Waals surface area (Å²) in [6.07, 6.45) is 0.881. The zero-order chi connectivity index (χ0) is 24.3. The fourth-order valence-electron chi connectivity index (χ4n) is 4.53. The van der Waals surface area contributed by atoms with E-state index in [4.69, 9.17) is 11.1 Å². The molecule has 0 saturated carbocycles. The Hall–Kier alpha value is -3.65. The Labute approximate surface area is 200 Å². The molecule has 3 amide bonds. The first-order chi connectivity index (χ1) is 16.3. The number of amidine groups is 1. The third kappa shape index (κ3) is 4.97. The predicted octanol–water partition coefficient (Wildman–Crippen LogP) is 2.68. The molecule has 1 unspecified atom stereocenters. The van der Waals surface area contributed by atoms with Crippen LogP contribution in [-0.2, 0) is 6.54 Å². The Morgan fingerprint density at radius 2 is 1.74 bits per heavy atom. The molecule has 4 rings (SSSR count). The molecule has 1 atom stereocenters. The topological polar surface area (TPSA) is 115 Å². The number of benzene rings is 2. The molecule has 2 aliphatic rings. The van der Waals surface area contributed by atoms with E-state index in [1.54, 1.807) is 29.2 Å². The van der Waals surface area contributed by atoms with E-state index in [1.165, 1.54) is 5.56 Å². The Morgan fingerprint density at radius 3 is 2.41 bits per heavy atom. The molecule has 0 bridgehead atoms. The first-order valence-electron chi connectivity index (χ1n) is 11.5. The number of likely N-dealkylation sites (tertiary alicyclic amines) is 1. The molecule has 0 spiro atoms. The normalized spacial score (nSPS) is 19.8. The highest BCUT2D eigenvalue weighted by molar-refractivity contribution is 6.12. The molecule has 8 heteroatoms. The minimum atomic E-state index is -0.772. The van der Waals surface area contributed by atoms with Crippen LogP contribution in [0.2, 0.25) is 0 Å². The molecular formula is C26H32N6O2. The van der Waals surface area contributed by atoms with Crippen LogP contribution >= 0.6 is 0 Å². The first kappa shape index (κ1) is 23.5. The molecule has 2 aromatic carbocycles. The van der Waals surface area contributed by atoms with Gasteiger partial charge in [-0.25, -0.2) is 4.79 Å². The Bertz CT molecular complexity index is 1100. The van der Waals surface area contributed by atoms with Gasteiger partial charge in [0.15, 0.2) is 0 Å². The number of carbonyl (C=O) groups excluding carboxylic acids is 2. The van der Waals surface area contributed by atoms with Crippen LogP contribution < -0.4 is 16.4 Å². The minimum Gasteiger partial charge on any atom is -0.400 e. The van der Waals surface area contributed by atoms with Crippen LogP contribution in [0.5, 0.6) is 0 Å². The maximum atomic E-state index is 13.2. The lowest BCUT2D eigenvalue weighted by Crippen LogP contribution is -2.53. The number of nitrogens with two attached hydrogens (primary N) is 1. The van der Waals surface area contributed by atoms with Crippen LogP contribution in [0.3, 0.4) is 0 Å². The zero-order valence-electron chi connectivity index (χ0n) is 19.7. The average molecular weight is 461 g/mol. The van der Waals surface area contributed by atoms with Gasteiger partial charge in [-0.15, -0.1) is 0 Å². The molecule has 178 valence electrons. The van der Waals surface area contributed by atoms with Crippen LogP contribution in [0, 0.1) is 5.41 Å². The number of carbonyl (C=O) groups is 2. The van der Waals surface area contributed by atoms with Crippen molar-refractivity contribution in [1.82, 2.24) is 20.4 Å². The summed E-state index contributed by atoms with van der Waals surface area (Å²) in [6, 6.07) is 18.9. The van der Waals surface area contributed by atoms with Crippen molar-refractivity contribution < 1.29 is 9.59 Å². The number of hydrogen-bond acceptors (Lipinski definition) is 5. The van der Waals surface area contributed by atoms with Gasteiger partial charge in [0.2, 0.25) is 0 Å². The van der Waals surface area contributed by atoms with Crippen LogP contribution in [0.1, 0.15) is 36.2 Å². The van der Waals surface area contributed by atoms with Crippen molar-refractivity contribution in [2.45, 2.75) is 38.4 Å². The highest BCUT2D eigenvalue weighted by Crippen LogP contribution is 2.31. The van der Waals surface area contributed by atoms with E-state index in [0.29, 0.717) is 16.8 Å². The standard InChI is InChI=1S/C26H32N6O2/c1-26(2)22(27)21(23(28)30-24(33)19-11-7-4-8-12-19)17-32(26)25(34)29-20-13-14-31(16-20)15-18-9-5-3-6-10-18/h3-12,20H,13-17,27H2,1-2H3,(H,29,34)(H2,28,30,33). The molecular weight excluding hydrogens is 428 g/mol. The molecule has 8 nitrogen and oxygen atoms in total. The largest absolute Gasteiger partial charge is 0.400 e. The fraction of sp³-hybridized carbons (Fsp3) is 0.346. The summed E-state index contributed by atoms with van der Waals surface area (Å²) in [7, 11) is 0. The van der Waals surface area contributed by atoms with E-state index in [9.17, 15) is 9.59 Å². The van der Waals surface area contributed by atoms with E-state index in [2.05, 4.69) is 27.7 Å². The molecule has 0 radical (unpaired) electrons. The number of nitrogens with one attached hydrogen (secondary N) is 3. The second kappa shape index (κ2) is 9.69. The van der Waals surface area contributed by atoms with Gasteiger partial charge in [-0.1, -0.05) is 48.5 Å². The van der Waals surface area contributed by atoms with Crippen molar-refractivity contribution in [3.05, 3.63) is 83.1 Å². The van der Waals surface area contributed by atoms with E-state index in [1.807, 2.05) is 38.1 Å². The molecule has 0 aliphatic carbocycles. The number of amides is 3. The second-order valence-corrected chi connectivity index (χ2v) is 9.39. The molecule has 2 aromatic rings. The summed E-state index contributed by atoms with van der Waals surface area (Å²) < 4.78 is 0. The van der Waals surface area contributed by atoms with Crippen molar-refractivity contribution in [3.8, 4) is 0 Å². The van der Waals surface area contributed by atoms with Crippen molar-refractivity contribution >= 4 is 17.8 Å². The summed E-state index contributed by atoms with van der Waals surface area (Å²) in [5, 5.41) is 14.2. The molecule has 0 aromatic heterocycles. The summed E-state index contributed by atoms with van der Waals surface area (Å²) in [5.74, 6) is -0.458. The van der Waals surface area contributed by atoms with E-state index in [-0.39, 0.29) is 30.4 Å². The fourth-order valence-corrected chi connectivity index (χ4v) is 4.53. The van der Waals surface area contributed by atoms with E-state index >= 15 is 0 Å². The van der Waals surface area contributed by atoms with Gasteiger partial charge in [0.1, 0.15) is 5.84 Å². The Kier molecular flexibility index (Phi) is 6.70. The van der Waals surface area contributed by atoms with Gasteiger partial charge in [0, 0.05) is 42.5 Å². The molecule has 2 aliphatic heterocycles. The lowest BCUT2D eigenvalue weighted by Gasteiger charge is -2.34. The third-order valence-electron chi connectivity index (χ3n) is 6.65. The van der Waals surface area contributed by atoms with Crippen LogP contribution in [0.15, 0.2) is 71.9 Å². The van der Waals surface area contributed by atoms with Gasteiger partial charge in [-0.2, -0.15) is 0 Å². The van der Waals surface area contributed by atoms with Gasteiger partial charge in [-0.3, -0.25) is 15.1 Å². The third-order valence-corrected chi connectivity index (χ3v) is 6.65. The van der Waals surface area contributed by atoms with Gasteiger partial charge in [0.25, 0.3) is 5.91 Å². The maximum Gasteiger partial charge on any atom is 0.318 e. The van der Waals surface area contributed by atoms with Crippen molar-refractivity contribution in [1.29, 1.82) is 5.41 Å². The molecule has 1 saturated heterocycles. The van der Waals surface area contributed by atoms with Crippen LogP contribution in [0.25, 0.3) is 0 Å². The van der Waals surface area contributed by atoms with Gasteiger partial charge >= 0.3 is 6.03 Å². The SMILES string of the molecule is CC1(C)C(N)=C(C(=N)NC(=O)c2ccccc2)CN1C(=O)NC1CCN(Cc2ccccc2)C1. The zero-order valence-corrected chi connectivity index (χ0v) is 19.7. The molecule has 34 heavy (non-hydrogen) atoms. The average Bonchev–Trinajstić information content (AvgIpc) is 3.36. The van der Waals surface area contributed by atoms with Crippen molar-refractivity contribution in [2.24, 2.45) is 5.73 Å². The lowest BCUT2D eigenvalue weighted by molar-refractivity contribution is 0.0977. The smallest absolute Gasteiger partial charge is 0.318 e. The maximum absolute atomic E-state index is 13.2. The predicted molar refractivity (Wildman–Crippen MR) is 132 cm³/mol. The van der Waals surface area contributed by atoms with Gasteiger partial charge in [-0.05, 0) is 38.0 Å². The highest BCUT2D eigenvalue weighted by Gasteiger charge is 2.43. The van der Waals surface area contributed by atoms with E-state index < -0.39 is 5.54 Å². The number of urea groups is 1. The summed E-state index contributed by atoms with van der Waals surface area (Å²) in [6.45, 7) is 6.45. The van der Waals surface area contributed by atoms with Gasteiger partial charge < -0.3 is 21.3 Å². The number of hydrogen-bond donors (Lipinski definition) is 4. The van der Waals surface area contributed by atoms with E-state index in [0.717, 1.165) is 26.1 Å². The molecule has 2 heterocycles. The highest BCUT2D eigenvalue weighted by atomic mass is 16.2. The summed E-state index contributed by atoms with van der Waals surface area (Å²) in [4.78, 5) is 29.6. The number of nitrogens with zero attached hydrogens (tertiary/aromatic N) is 2. The lowest BCUT2D eigenvalue weighted by atomic mass is 10.0. The molecule has 5 N–H and O–H groups in total. The quantitative estimate of drug-likeness (QED) is 0.406. The number of rotatable bonds is 5. The van der Waals surface area contributed by atoms with Crippen LogP contribution in [-0.4, -0.2) is 58.8 Å². The Balaban J connectivity index is 1.35. The van der Waals surface area contributed by atoms with Crippen LogP contribution in [0.4, 0.5) is 4.79 Å². The summed E-state index contributed by atoms with van der Waals surface area (Å²) in [5.41, 5.74) is 8.19. The van der Waals surface area contributed by atoms with Gasteiger partial charge in [0.05, 0.1) is 12.1 Å². The summed E-state index contributed by atoms with van der Waals surface area (Å²) >= 11 is 0. The van der Waals surface area contributed by atoms with Crippen molar-refractivity contribution in [2.75, 3.05) is 19.6 Å². The Morgan fingerprint density at radius 1 is 1.09 bits per heavy atom. The minimum absolute atomic E-state index is 0.0505. The second-order valence-electron chi connectivity index (χ2n) is 9.39. The first-order valence-corrected chi connectivity index (χ1v) is 11.5. The monoisotopic (exact) mass is 460 g/mol.